The maximum Gasteiger partial charge on any atom is 0.141 e. The third kappa shape index (κ3) is 8.00. The molecule has 0 spiro atoms. The van der Waals surface area contributed by atoms with Crippen LogP contribution in [0.5, 0.6) is 5.75 Å². The zero-order valence-electron chi connectivity index (χ0n) is 26.1. The second-order valence-electron chi connectivity index (χ2n) is 12.1. The Morgan fingerprint density at radius 2 is 1.69 bits per heavy atom. The number of allylic oxidation sites excluding steroid dienone is 2. The largest absolute Gasteiger partial charge is 0.496 e. The Bertz CT molecular complexity index is 1610. The Hall–Kier alpha value is -4.12. The van der Waals surface area contributed by atoms with Crippen LogP contribution in [0.4, 0.5) is 0 Å². The Morgan fingerprint density at radius 1 is 0.952 bits per heavy atom. The number of carbonyl (C=O) groups excluding carboxylic acids is 1. The maximum atomic E-state index is 13.4. The molecule has 0 aliphatic rings. The summed E-state index contributed by atoms with van der Waals surface area (Å²) < 4.78 is 5.63. The van der Waals surface area contributed by atoms with Gasteiger partial charge in [0.15, 0.2) is 0 Å². The normalized spacial score (nSPS) is 12.5. The van der Waals surface area contributed by atoms with Crippen LogP contribution < -0.4 is 4.74 Å². The molecule has 1 aromatic heterocycles. The standard InChI is InChI=1S/C37H43N3O2/c1-8-30-22-34-32(23-35(30)42-7)33(39-24-40-34)20-28-11-9-10-27(17-28)18-31(41)19-29(21-36(38-6)37(3,4)5)16-26-14-12-25(2)13-15-26/h9-15,17,21-24H,8,16,18-20H2,1-7H3/b29-21+,38-36?. The van der Waals surface area contributed by atoms with Gasteiger partial charge in [-0.2, -0.15) is 0 Å². The van der Waals surface area contributed by atoms with Crippen molar-refractivity contribution >= 4 is 22.4 Å². The molecule has 5 nitrogen and oxygen atoms in total. The van der Waals surface area contributed by atoms with E-state index in [0.29, 0.717) is 19.3 Å². The monoisotopic (exact) mass is 561 g/mol. The van der Waals surface area contributed by atoms with Gasteiger partial charge in [0.05, 0.1) is 18.3 Å². The quantitative estimate of drug-likeness (QED) is 0.175. The molecule has 4 rings (SSSR count). The lowest BCUT2D eigenvalue weighted by atomic mass is 9.86. The number of benzene rings is 3. The molecule has 42 heavy (non-hydrogen) atoms. The van der Waals surface area contributed by atoms with Gasteiger partial charge < -0.3 is 4.74 Å². The third-order valence-corrected chi connectivity index (χ3v) is 7.59. The average Bonchev–Trinajstić information content (AvgIpc) is 2.96. The summed E-state index contributed by atoms with van der Waals surface area (Å²) in [5, 5.41) is 0.992. The minimum Gasteiger partial charge on any atom is -0.496 e. The van der Waals surface area contributed by atoms with E-state index < -0.39 is 0 Å². The van der Waals surface area contributed by atoms with Crippen LogP contribution in [0.3, 0.4) is 0 Å². The van der Waals surface area contributed by atoms with Crippen LogP contribution in [0, 0.1) is 12.3 Å². The highest BCUT2D eigenvalue weighted by atomic mass is 16.5. The summed E-state index contributed by atoms with van der Waals surface area (Å²) in [4.78, 5) is 27.1. The highest BCUT2D eigenvalue weighted by Gasteiger charge is 2.18. The topological polar surface area (TPSA) is 64.4 Å². The lowest BCUT2D eigenvalue weighted by molar-refractivity contribution is -0.117. The van der Waals surface area contributed by atoms with Crippen molar-refractivity contribution in [2.75, 3.05) is 14.2 Å². The predicted molar refractivity (Wildman–Crippen MR) is 174 cm³/mol. The van der Waals surface area contributed by atoms with Crippen LogP contribution >= 0.6 is 0 Å². The van der Waals surface area contributed by atoms with Gasteiger partial charge in [-0.3, -0.25) is 9.79 Å². The van der Waals surface area contributed by atoms with E-state index in [1.165, 1.54) is 11.1 Å². The molecular weight excluding hydrogens is 518 g/mol. The second-order valence-corrected chi connectivity index (χ2v) is 12.1. The van der Waals surface area contributed by atoms with Gasteiger partial charge in [-0.1, -0.05) is 87.4 Å². The van der Waals surface area contributed by atoms with Gasteiger partial charge >= 0.3 is 0 Å². The fourth-order valence-corrected chi connectivity index (χ4v) is 5.32. The van der Waals surface area contributed by atoms with Gasteiger partial charge in [-0.15, -0.1) is 0 Å². The van der Waals surface area contributed by atoms with Crippen molar-refractivity contribution in [2.24, 2.45) is 10.4 Å². The number of hydrogen-bond donors (Lipinski definition) is 0. The number of rotatable bonds is 11. The van der Waals surface area contributed by atoms with Crippen molar-refractivity contribution in [3.63, 3.8) is 0 Å². The summed E-state index contributed by atoms with van der Waals surface area (Å²) in [5.74, 6) is 1.05. The van der Waals surface area contributed by atoms with E-state index in [4.69, 9.17) is 4.74 Å². The molecule has 0 unspecified atom stereocenters. The lowest BCUT2D eigenvalue weighted by Gasteiger charge is -2.20. The second kappa shape index (κ2) is 13.7. The molecule has 0 radical (unpaired) electrons. The van der Waals surface area contributed by atoms with E-state index in [1.807, 2.05) is 25.2 Å². The number of nitrogens with zero attached hydrogens (tertiary/aromatic N) is 3. The third-order valence-electron chi connectivity index (χ3n) is 7.59. The number of aromatic nitrogens is 2. The van der Waals surface area contributed by atoms with Gasteiger partial charge in [-0.05, 0) is 60.2 Å². The van der Waals surface area contributed by atoms with Gasteiger partial charge in [0.1, 0.15) is 17.9 Å². The van der Waals surface area contributed by atoms with E-state index in [2.05, 4.69) is 98.1 Å². The first-order valence-electron chi connectivity index (χ1n) is 14.7. The molecule has 3 aromatic carbocycles. The van der Waals surface area contributed by atoms with Crippen molar-refractivity contribution in [1.82, 2.24) is 9.97 Å². The maximum absolute atomic E-state index is 13.4. The molecule has 5 heteroatoms. The van der Waals surface area contributed by atoms with Crippen LogP contribution in [0.2, 0.25) is 0 Å². The summed E-state index contributed by atoms with van der Waals surface area (Å²) in [6.07, 6.45) is 6.78. The molecule has 0 N–H and O–H groups in total. The molecule has 0 saturated carbocycles. The Balaban J connectivity index is 1.54. The van der Waals surface area contributed by atoms with E-state index in [1.54, 1.807) is 13.4 Å². The number of ether oxygens (including phenoxy) is 1. The summed E-state index contributed by atoms with van der Waals surface area (Å²) in [6, 6.07) is 21.0. The van der Waals surface area contributed by atoms with Gasteiger partial charge in [0.25, 0.3) is 0 Å². The van der Waals surface area contributed by atoms with Crippen LogP contribution in [-0.2, 0) is 30.5 Å². The summed E-state index contributed by atoms with van der Waals surface area (Å²) >= 11 is 0. The molecule has 0 saturated heterocycles. The molecule has 0 bridgehead atoms. The van der Waals surface area contributed by atoms with Crippen LogP contribution in [0.15, 0.2) is 83.6 Å². The average molecular weight is 562 g/mol. The van der Waals surface area contributed by atoms with E-state index in [0.717, 1.165) is 63.2 Å². The first-order chi connectivity index (χ1) is 20.1. The highest BCUT2D eigenvalue weighted by Crippen LogP contribution is 2.28. The Labute approximate surface area is 250 Å². The Morgan fingerprint density at radius 3 is 2.36 bits per heavy atom. The minimum absolute atomic E-state index is 0.0993. The number of aliphatic imine (C=N–C) groups is 1. The van der Waals surface area contributed by atoms with Gasteiger partial charge in [0.2, 0.25) is 0 Å². The van der Waals surface area contributed by atoms with E-state index >= 15 is 0 Å². The smallest absolute Gasteiger partial charge is 0.141 e. The predicted octanol–water partition coefficient (Wildman–Crippen LogP) is 7.89. The number of ketones is 1. The molecule has 4 aromatic rings. The van der Waals surface area contributed by atoms with Gasteiger partial charge in [0, 0.05) is 42.8 Å². The lowest BCUT2D eigenvalue weighted by Crippen LogP contribution is -2.19. The molecule has 0 atom stereocenters. The summed E-state index contributed by atoms with van der Waals surface area (Å²) in [7, 11) is 3.53. The first-order valence-corrected chi connectivity index (χ1v) is 14.7. The first kappa shape index (κ1) is 30.8. The molecule has 1 heterocycles. The van der Waals surface area contributed by atoms with Crippen LogP contribution in [-0.4, -0.2) is 35.6 Å². The van der Waals surface area contributed by atoms with E-state index in [-0.39, 0.29) is 11.2 Å². The van der Waals surface area contributed by atoms with Crippen LogP contribution in [0.25, 0.3) is 10.9 Å². The SMILES string of the molecule is CCc1cc2ncnc(Cc3cccc(CC(=O)C/C(=C/C(=NC)C(C)(C)C)Cc4ccc(C)cc4)c3)c2cc1OC. The number of hydrogen-bond acceptors (Lipinski definition) is 5. The zero-order chi connectivity index (χ0) is 30.3. The number of fused-ring (bicyclic) bond motifs is 1. The molecule has 218 valence electrons. The van der Waals surface area contributed by atoms with Crippen molar-refractivity contribution < 1.29 is 9.53 Å². The highest BCUT2D eigenvalue weighted by molar-refractivity contribution is 6.00. The van der Waals surface area contributed by atoms with Gasteiger partial charge in [-0.25, -0.2) is 9.97 Å². The molecule has 0 fully saturated rings. The molecule has 0 aliphatic heterocycles. The van der Waals surface area contributed by atoms with Crippen molar-refractivity contribution in [3.05, 3.63) is 112 Å². The summed E-state index contributed by atoms with van der Waals surface area (Å²) in [5.41, 5.74) is 9.53. The molecular formula is C37H43N3O2. The minimum atomic E-state index is -0.0993. The number of Topliss-reactive ketones (excluding diaryl/α,β-unsaturated/α-hetero) is 1. The fraction of sp³-hybridized carbons (Fsp3) is 0.351. The number of methoxy groups -OCH3 is 1. The fourth-order valence-electron chi connectivity index (χ4n) is 5.32. The van der Waals surface area contributed by atoms with E-state index in [9.17, 15) is 4.79 Å². The van der Waals surface area contributed by atoms with Crippen molar-refractivity contribution in [1.29, 1.82) is 0 Å². The number of aryl methyl sites for hydroxylation is 2. The summed E-state index contributed by atoms with van der Waals surface area (Å²) in [6.45, 7) is 10.7. The zero-order valence-corrected chi connectivity index (χ0v) is 26.1. The van der Waals surface area contributed by atoms with Crippen molar-refractivity contribution in [2.45, 2.75) is 66.7 Å². The van der Waals surface area contributed by atoms with Crippen molar-refractivity contribution in [3.8, 4) is 5.75 Å². The molecule has 0 aliphatic carbocycles. The number of carbonyl (C=O) groups is 1. The molecule has 0 amide bonds. The Kier molecular flexibility index (Phi) is 10.1. The van der Waals surface area contributed by atoms with Crippen LogP contribution in [0.1, 0.15) is 67.6 Å².